The third-order valence-electron chi connectivity index (χ3n) is 2.82. The van der Waals surface area contributed by atoms with Crippen LogP contribution in [0.1, 0.15) is 24.1 Å². The van der Waals surface area contributed by atoms with Gasteiger partial charge in [0.2, 0.25) is 0 Å². The second-order valence-corrected chi connectivity index (χ2v) is 4.11. The van der Waals surface area contributed by atoms with Crippen molar-refractivity contribution < 1.29 is 9.90 Å². The van der Waals surface area contributed by atoms with Crippen molar-refractivity contribution in [2.24, 2.45) is 0 Å². The molecule has 76 valence electrons. The normalized spacial score (nSPS) is 18.2. The molecule has 1 heterocycles. The molecule has 1 aromatic heterocycles. The molecule has 1 N–H and O–H groups in total. The van der Waals surface area contributed by atoms with Crippen molar-refractivity contribution in [3.05, 3.63) is 16.4 Å². The van der Waals surface area contributed by atoms with Crippen LogP contribution in [-0.4, -0.2) is 20.9 Å². The summed E-state index contributed by atoms with van der Waals surface area (Å²) in [5, 5.41) is 13.7. The van der Waals surface area contributed by atoms with Crippen LogP contribution in [0.5, 0.6) is 0 Å². The average molecular weight is 215 g/mol. The summed E-state index contributed by atoms with van der Waals surface area (Å²) >= 11 is 6.02. The molecule has 5 heteroatoms. The van der Waals surface area contributed by atoms with E-state index in [1.807, 2.05) is 13.8 Å². The van der Waals surface area contributed by atoms with Gasteiger partial charge in [-0.25, -0.2) is 9.48 Å². The quantitative estimate of drug-likeness (QED) is 0.816. The van der Waals surface area contributed by atoms with E-state index in [1.165, 1.54) is 4.68 Å². The molecule has 1 saturated carbocycles. The van der Waals surface area contributed by atoms with Gasteiger partial charge in [0.25, 0.3) is 0 Å². The first-order valence-corrected chi connectivity index (χ1v) is 4.82. The molecule has 1 aliphatic carbocycles. The summed E-state index contributed by atoms with van der Waals surface area (Å²) < 4.78 is 1.45. The van der Waals surface area contributed by atoms with Crippen LogP contribution in [0, 0.1) is 13.8 Å². The lowest BCUT2D eigenvalue weighted by Crippen LogP contribution is -2.28. The van der Waals surface area contributed by atoms with Gasteiger partial charge in [0.1, 0.15) is 5.15 Å². The number of carboxylic acid groups (broad SMARTS) is 1. The minimum absolute atomic E-state index is 0.447. The van der Waals surface area contributed by atoms with E-state index < -0.39 is 11.5 Å². The second-order valence-electron chi connectivity index (χ2n) is 3.75. The Morgan fingerprint density at radius 1 is 1.57 bits per heavy atom. The lowest BCUT2D eigenvalue weighted by molar-refractivity contribution is -0.142. The molecule has 0 saturated heterocycles. The molecule has 0 unspecified atom stereocenters. The summed E-state index contributed by atoms with van der Waals surface area (Å²) in [5.41, 5.74) is 0.789. The van der Waals surface area contributed by atoms with E-state index in [0.717, 1.165) is 11.3 Å². The molecule has 1 aliphatic rings. The summed E-state index contributed by atoms with van der Waals surface area (Å²) in [5.74, 6) is -0.845. The molecule has 1 aromatic rings. The smallest absolute Gasteiger partial charge is 0.331 e. The van der Waals surface area contributed by atoms with Crippen LogP contribution in [0.2, 0.25) is 5.15 Å². The highest BCUT2D eigenvalue weighted by atomic mass is 35.5. The van der Waals surface area contributed by atoms with Crippen LogP contribution in [0.15, 0.2) is 0 Å². The van der Waals surface area contributed by atoms with E-state index in [-0.39, 0.29) is 0 Å². The standard InChI is InChI=1S/C9H11ClN2O2/c1-5-6(2)11-12(7(5)10)9(3-4-9)8(13)14/h3-4H2,1-2H3,(H,13,14). The highest BCUT2D eigenvalue weighted by Gasteiger charge is 2.54. The van der Waals surface area contributed by atoms with Gasteiger partial charge in [-0.1, -0.05) is 11.6 Å². The zero-order valence-corrected chi connectivity index (χ0v) is 8.80. The van der Waals surface area contributed by atoms with Crippen LogP contribution in [-0.2, 0) is 10.3 Å². The predicted octanol–water partition coefficient (Wildman–Crippen LogP) is 1.73. The van der Waals surface area contributed by atoms with Crippen LogP contribution >= 0.6 is 11.6 Å². The Hall–Kier alpha value is -1.03. The molecular formula is C9H11ClN2O2. The Bertz CT molecular complexity index is 407. The fraction of sp³-hybridized carbons (Fsp3) is 0.556. The molecule has 0 bridgehead atoms. The lowest BCUT2D eigenvalue weighted by Gasteiger charge is -2.11. The topological polar surface area (TPSA) is 55.1 Å². The molecular weight excluding hydrogens is 204 g/mol. The van der Waals surface area contributed by atoms with Crippen LogP contribution in [0.4, 0.5) is 0 Å². The van der Waals surface area contributed by atoms with E-state index in [2.05, 4.69) is 5.10 Å². The largest absolute Gasteiger partial charge is 0.479 e. The van der Waals surface area contributed by atoms with Crippen molar-refractivity contribution in [1.82, 2.24) is 9.78 Å². The highest BCUT2D eigenvalue weighted by molar-refractivity contribution is 6.30. The zero-order valence-electron chi connectivity index (χ0n) is 8.04. The summed E-state index contributed by atoms with van der Waals surface area (Å²) in [7, 11) is 0. The average Bonchev–Trinajstić information content (AvgIpc) is 2.87. The first-order valence-electron chi connectivity index (χ1n) is 4.44. The third-order valence-corrected chi connectivity index (χ3v) is 3.26. The third kappa shape index (κ3) is 1.07. The number of hydrogen-bond donors (Lipinski definition) is 1. The Balaban J connectivity index is 2.52. The Morgan fingerprint density at radius 3 is 2.43 bits per heavy atom. The number of nitrogens with zero attached hydrogens (tertiary/aromatic N) is 2. The number of halogens is 1. The Morgan fingerprint density at radius 2 is 2.14 bits per heavy atom. The minimum Gasteiger partial charge on any atom is -0.479 e. The van der Waals surface area contributed by atoms with Crippen molar-refractivity contribution in [2.75, 3.05) is 0 Å². The fourth-order valence-electron chi connectivity index (χ4n) is 1.50. The highest BCUT2D eigenvalue weighted by Crippen LogP contribution is 2.45. The maximum atomic E-state index is 11.0. The molecule has 0 aromatic carbocycles. The molecule has 0 atom stereocenters. The predicted molar refractivity (Wildman–Crippen MR) is 51.6 cm³/mol. The maximum Gasteiger partial charge on any atom is 0.331 e. The Kier molecular flexibility index (Phi) is 1.86. The number of aromatic nitrogens is 2. The first-order chi connectivity index (χ1) is 6.49. The van der Waals surface area contributed by atoms with Crippen molar-refractivity contribution in [1.29, 1.82) is 0 Å². The maximum absolute atomic E-state index is 11.0. The van der Waals surface area contributed by atoms with Crippen LogP contribution < -0.4 is 0 Å². The summed E-state index contributed by atoms with van der Waals surface area (Å²) in [6.45, 7) is 3.68. The molecule has 0 amide bonds. The molecule has 2 rings (SSSR count). The molecule has 14 heavy (non-hydrogen) atoms. The first kappa shape index (κ1) is 9.52. The van der Waals surface area contributed by atoms with Gasteiger partial charge in [0.05, 0.1) is 5.69 Å². The number of aryl methyl sites for hydroxylation is 1. The van der Waals surface area contributed by atoms with Gasteiger partial charge in [-0.15, -0.1) is 0 Å². The monoisotopic (exact) mass is 214 g/mol. The number of carboxylic acids is 1. The van der Waals surface area contributed by atoms with Crippen molar-refractivity contribution in [3.63, 3.8) is 0 Å². The van der Waals surface area contributed by atoms with E-state index in [1.54, 1.807) is 0 Å². The second kappa shape index (κ2) is 2.73. The van der Waals surface area contributed by atoms with Crippen molar-refractivity contribution >= 4 is 17.6 Å². The van der Waals surface area contributed by atoms with E-state index in [9.17, 15) is 4.79 Å². The van der Waals surface area contributed by atoms with Crippen LogP contribution in [0.3, 0.4) is 0 Å². The number of aliphatic carboxylic acids is 1. The van der Waals surface area contributed by atoms with Gasteiger partial charge in [-0.2, -0.15) is 5.10 Å². The summed E-state index contributed by atoms with van der Waals surface area (Å²) in [4.78, 5) is 11.0. The van der Waals surface area contributed by atoms with Gasteiger partial charge in [0.15, 0.2) is 5.54 Å². The van der Waals surface area contributed by atoms with Gasteiger partial charge in [-0.05, 0) is 26.7 Å². The minimum atomic E-state index is -0.865. The molecule has 4 nitrogen and oxygen atoms in total. The van der Waals surface area contributed by atoms with Gasteiger partial charge in [-0.3, -0.25) is 0 Å². The zero-order chi connectivity index (χ0) is 10.5. The van der Waals surface area contributed by atoms with Gasteiger partial charge in [0, 0.05) is 5.56 Å². The summed E-state index contributed by atoms with van der Waals surface area (Å²) in [6, 6.07) is 0. The van der Waals surface area contributed by atoms with Crippen molar-refractivity contribution in [3.8, 4) is 0 Å². The summed E-state index contributed by atoms with van der Waals surface area (Å²) in [6.07, 6.45) is 1.23. The van der Waals surface area contributed by atoms with E-state index in [0.29, 0.717) is 18.0 Å². The number of carbonyl (C=O) groups is 1. The van der Waals surface area contributed by atoms with Crippen LogP contribution in [0.25, 0.3) is 0 Å². The van der Waals surface area contributed by atoms with E-state index in [4.69, 9.17) is 16.7 Å². The van der Waals surface area contributed by atoms with Gasteiger partial charge < -0.3 is 5.11 Å². The Labute approximate surface area is 86.5 Å². The molecule has 0 radical (unpaired) electrons. The lowest BCUT2D eigenvalue weighted by atomic mass is 10.3. The van der Waals surface area contributed by atoms with E-state index >= 15 is 0 Å². The van der Waals surface area contributed by atoms with Crippen molar-refractivity contribution in [2.45, 2.75) is 32.2 Å². The number of hydrogen-bond acceptors (Lipinski definition) is 2. The SMILES string of the molecule is Cc1nn(C2(C(=O)O)CC2)c(Cl)c1C. The molecule has 0 spiro atoms. The number of rotatable bonds is 2. The molecule has 0 aliphatic heterocycles. The fourth-order valence-corrected chi connectivity index (χ4v) is 1.83. The molecule has 1 fully saturated rings. The van der Waals surface area contributed by atoms with Gasteiger partial charge >= 0.3 is 5.97 Å².